The van der Waals surface area contributed by atoms with Gasteiger partial charge in [0.1, 0.15) is 11.5 Å². The fourth-order valence-electron chi connectivity index (χ4n) is 2.37. The summed E-state index contributed by atoms with van der Waals surface area (Å²) in [5, 5.41) is 3.39. The number of nitrogens with one attached hydrogen (secondary N) is 1. The lowest BCUT2D eigenvalue weighted by Gasteiger charge is -2.25. The van der Waals surface area contributed by atoms with Gasteiger partial charge in [-0.2, -0.15) is 0 Å². The van der Waals surface area contributed by atoms with Crippen LogP contribution in [-0.2, 0) is 0 Å². The third kappa shape index (κ3) is 3.39. The molecule has 0 saturated heterocycles. The number of hydrogen-bond donors (Lipinski definition) is 1. The molecule has 0 saturated carbocycles. The summed E-state index contributed by atoms with van der Waals surface area (Å²) in [5.74, 6) is 2.15. The Balaban J connectivity index is 2.99. The van der Waals surface area contributed by atoms with Crippen LogP contribution in [0.2, 0.25) is 0 Å². The van der Waals surface area contributed by atoms with E-state index in [0.29, 0.717) is 12.0 Å². The molecule has 3 heteroatoms. The number of rotatable bonds is 7. The van der Waals surface area contributed by atoms with E-state index in [-0.39, 0.29) is 0 Å². The van der Waals surface area contributed by atoms with Gasteiger partial charge in [0.25, 0.3) is 0 Å². The van der Waals surface area contributed by atoms with Crippen LogP contribution in [0.3, 0.4) is 0 Å². The first-order valence-electron chi connectivity index (χ1n) is 6.57. The van der Waals surface area contributed by atoms with E-state index in [1.807, 2.05) is 19.2 Å². The van der Waals surface area contributed by atoms with Crippen LogP contribution in [0.4, 0.5) is 0 Å². The van der Waals surface area contributed by atoms with E-state index in [4.69, 9.17) is 9.47 Å². The van der Waals surface area contributed by atoms with Crippen LogP contribution in [0, 0.1) is 0 Å². The van der Waals surface area contributed by atoms with Crippen molar-refractivity contribution in [2.45, 2.75) is 38.6 Å². The number of ether oxygens (including phenoxy) is 2. The van der Waals surface area contributed by atoms with Crippen LogP contribution in [0.5, 0.6) is 11.5 Å². The second kappa shape index (κ2) is 7.27. The van der Waals surface area contributed by atoms with Crippen molar-refractivity contribution in [3.8, 4) is 11.5 Å². The molecule has 0 bridgehead atoms. The van der Waals surface area contributed by atoms with Gasteiger partial charge in [-0.15, -0.1) is 0 Å². The third-order valence-electron chi connectivity index (χ3n) is 3.51. The maximum atomic E-state index is 5.47. The molecule has 1 aromatic rings. The van der Waals surface area contributed by atoms with Crippen molar-refractivity contribution in [2.75, 3.05) is 21.3 Å². The van der Waals surface area contributed by atoms with Crippen molar-refractivity contribution in [1.29, 1.82) is 0 Å². The third-order valence-corrected chi connectivity index (χ3v) is 3.51. The van der Waals surface area contributed by atoms with Gasteiger partial charge in [-0.05, 0) is 25.1 Å². The lowest BCUT2D eigenvalue weighted by atomic mass is 9.90. The fraction of sp³-hybridized carbons (Fsp3) is 0.600. The summed E-state index contributed by atoms with van der Waals surface area (Å²) >= 11 is 0. The first-order chi connectivity index (χ1) is 8.67. The highest BCUT2D eigenvalue weighted by Crippen LogP contribution is 2.33. The molecular formula is C15H25NO2. The van der Waals surface area contributed by atoms with E-state index < -0.39 is 0 Å². The van der Waals surface area contributed by atoms with Crippen LogP contribution in [0.25, 0.3) is 0 Å². The molecule has 0 spiro atoms. The zero-order valence-corrected chi connectivity index (χ0v) is 12.1. The first kappa shape index (κ1) is 14.8. The second-order valence-corrected chi connectivity index (χ2v) is 4.58. The Morgan fingerprint density at radius 2 is 1.94 bits per heavy atom. The minimum Gasteiger partial charge on any atom is -0.497 e. The fourth-order valence-corrected chi connectivity index (χ4v) is 2.37. The van der Waals surface area contributed by atoms with E-state index in [1.54, 1.807) is 14.2 Å². The van der Waals surface area contributed by atoms with Crippen LogP contribution in [-0.4, -0.2) is 27.3 Å². The van der Waals surface area contributed by atoms with Crippen molar-refractivity contribution >= 4 is 0 Å². The summed E-state index contributed by atoms with van der Waals surface area (Å²) in [5.41, 5.74) is 1.23. The predicted octanol–water partition coefficient (Wildman–Crippen LogP) is 3.20. The molecule has 0 aliphatic heterocycles. The van der Waals surface area contributed by atoms with Gasteiger partial charge in [-0.1, -0.05) is 26.3 Å². The Kier molecular flexibility index (Phi) is 5.99. The largest absolute Gasteiger partial charge is 0.497 e. The first-order valence-corrected chi connectivity index (χ1v) is 6.57. The molecule has 0 fully saturated rings. The maximum absolute atomic E-state index is 5.47. The average molecular weight is 251 g/mol. The Bertz CT molecular complexity index is 366. The molecule has 2 unspecified atom stereocenters. The molecule has 0 heterocycles. The second-order valence-electron chi connectivity index (χ2n) is 4.58. The quantitative estimate of drug-likeness (QED) is 0.807. The van der Waals surface area contributed by atoms with Gasteiger partial charge in [0.2, 0.25) is 0 Å². The minimum atomic E-state index is 0.413. The highest BCUT2D eigenvalue weighted by Gasteiger charge is 2.20. The number of hydrogen-bond acceptors (Lipinski definition) is 3. The van der Waals surface area contributed by atoms with Gasteiger partial charge in [-0.25, -0.2) is 0 Å². The number of likely N-dealkylation sites (N-methyl/N-ethyl adjacent to an activating group) is 1. The Morgan fingerprint density at radius 1 is 1.22 bits per heavy atom. The number of methoxy groups -OCH3 is 2. The zero-order chi connectivity index (χ0) is 13.5. The van der Waals surface area contributed by atoms with Crippen molar-refractivity contribution in [3.05, 3.63) is 23.8 Å². The molecule has 0 aromatic heterocycles. The molecule has 1 N–H and O–H groups in total. The molecule has 18 heavy (non-hydrogen) atoms. The monoisotopic (exact) mass is 251 g/mol. The predicted molar refractivity (Wildman–Crippen MR) is 75.7 cm³/mol. The molecule has 0 aliphatic carbocycles. The maximum Gasteiger partial charge on any atom is 0.126 e. The Hall–Kier alpha value is -1.22. The summed E-state index contributed by atoms with van der Waals surface area (Å²) in [6, 6.07) is 6.51. The molecule has 0 amide bonds. The molecule has 1 aromatic carbocycles. The van der Waals surface area contributed by atoms with Gasteiger partial charge in [-0.3, -0.25) is 0 Å². The molecular weight excluding hydrogens is 226 g/mol. The highest BCUT2D eigenvalue weighted by molar-refractivity contribution is 5.43. The molecule has 102 valence electrons. The zero-order valence-electron chi connectivity index (χ0n) is 12.1. The van der Waals surface area contributed by atoms with Crippen molar-refractivity contribution in [3.63, 3.8) is 0 Å². The number of benzene rings is 1. The minimum absolute atomic E-state index is 0.413. The topological polar surface area (TPSA) is 30.5 Å². The van der Waals surface area contributed by atoms with Gasteiger partial charge in [0.15, 0.2) is 0 Å². The standard InChI is InChI=1S/C15H25NO2/c1-6-7-14(16-3)11(2)13-9-8-12(17-4)10-15(13)18-5/h8-11,14,16H,6-7H2,1-5H3. The van der Waals surface area contributed by atoms with Crippen LogP contribution in [0.1, 0.15) is 38.2 Å². The van der Waals surface area contributed by atoms with Gasteiger partial charge in [0, 0.05) is 18.0 Å². The summed E-state index contributed by atoms with van der Waals surface area (Å²) < 4.78 is 10.7. The van der Waals surface area contributed by atoms with Crippen molar-refractivity contribution in [2.24, 2.45) is 0 Å². The molecule has 3 nitrogen and oxygen atoms in total. The van der Waals surface area contributed by atoms with E-state index in [9.17, 15) is 0 Å². The van der Waals surface area contributed by atoms with Gasteiger partial charge in [0.05, 0.1) is 14.2 Å². The summed E-state index contributed by atoms with van der Waals surface area (Å²) in [4.78, 5) is 0. The normalized spacial score (nSPS) is 14.1. The van der Waals surface area contributed by atoms with Crippen LogP contribution < -0.4 is 14.8 Å². The van der Waals surface area contributed by atoms with Crippen molar-refractivity contribution in [1.82, 2.24) is 5.32 Å². The van der Waals surface area contributed by atoms with E-state index in [2.05, 4.69) is 25.2 Å². The lowest BCUT2D eigenvalue weighted by molar-refractivity contribution is 0.379. The van der Waals surface area contributed by atoms with Crippen LogP contribution in [0.15, 0.2) is 18.2 Å². The molecule has 0 radical (unpaired) electrons. The average Bonchev–Trinajstić information content (AvgIpc) is 2.43. The molecule has 2 atom stereocenters. The van der Waals surface area contributed by atoms with Crippen molar-refractivity contribution < 1.29 is 9.47 Å². The van der Waals surface area contributed by atoms with Gasteiger partial charge < -0.3 is 14.8 Å². The lowest BCUT2D eigenvalue weighted by Crippen LogP contribution is -2.30. The van der Waals surface area contributed by atoms with E-state index in [0.717, 1.165) is 17.9 Å². The smallest absolute Gasteiger partial charge is 0.126 e. The molecule has 0 aliphatic rings. The highest BCUT2D eigenvalue weighted by atomic mass is 16.5. The summed E-state index contributed by atoms with van der Waals surface area (Å²) in [7, 11) is 5.40. The van der Waals surface area contributed by atoms with Crippen LogP contribution >= 0.6 is 0 Å². The molecule has 1 rings (SSSR count). The van der Waals surface area contributed by atoms with E-state index in [1.165, 1.54) is 12.0 Å². The summed E-state index contributed by atoms with van der Waals surface area (Å²) in [6.45, 7) is 4.45. The summed E-state index contributed by atoms with van der Waals surface area (Å²) in [6.07, 6.45) is 2.33. The van der Waals surface area contributed by atoms with E-state index >= 15 is 0 Å². The SMILES string of the molecule is CCCC(NC)C(C)c1ccc(OC)cc1OC. The Morgan fingerprint density at radius 3 is 2.44 bits per heavy atom. The van der Waals surface area contributed by atoms with Gasteiger partial charge >= 0.3 is 0 Å². The Labute approximate surface area is 110 Å².